The highest BCUT2D eigenvalue weighted by atomic mass is 16.6. The lowest BCUT2D eigenvalue weighted by molar-refractivity contribution is -0.0518. The second-order valence-corrected chi connectivity index (χ2v) is 4.41. The first-order valence-corrected chi connectivity index (χ1v) is 5.79. The Morgan fingerprint density at radius 3 is 2.79 bits per heavy atom. The van der Waals surface area contributed by atoms with Crippen LogP contribution in [-0.2, 0) is 4.74 Å². The predicted molar refractivity (Wildman–Crippen MR) is 62.3 cm³/mol. The average molecular weight is 270 g/mol. The van der Waals surface area contributed by atoms with E-state index >= 15 is 0 Å². The zero-order valence-electron chi connectivity index (χ0n) is 9.79. The van der Waals surface area contributed by atoms with Gasteiger partial charge in [0, 0.05) is 0 Å². The third kappa shape index (κ3) is 1.83. The van der Waals surface area contributed by atoms with Crippen LogP contribution >= 0.6 is 0 Å². The monoisotopic (exact) mass is 270 g/mol. The van der Waals surface area contributed by atoms with Crippen LogP contribution in [0.15, 0.2) is 11.3 Å². The molecule has 3 rings (SSSR count). The van der Waals surface area contributed by atoms with Gasteiger partial charge < -0.3 is 30.5 Å². The number of ether oxygens (including phenoxy) is 1. The first kappa shape index (κ1) is 12.5. The third-order valence-corrected chi connectivity index (χ3v) is 3.27. The lowest BCUT2D eigenvalue weighted by Gasteiger charge is -2.21. The molecule has 19 heavy (non-hydrogen) atoms. The molecule has 0 bridgehead atoms. The van der Waals surface area contributed by atoms with Crippen molar-refractivity contribution in [1.29, 1.82) is 0 Å². The number of rotatable bonds is 2. The second kappa shape index (κ2) is 4.54. The molecule has 1 aromatic heterocycles. The molecule has 104 valence electrons. The van der Waals surface area contributed by atoms with E-state index in [0.29, 0.717) is 11.5 Å². The summed E-state index contributed by atoms with van der Waals surface area (Å²) in [4.78, 5) is 7.72. The van der Waals surface area contributed by atoms with Gasteiger partial charge in [0.25, 0.3) is 0 Å². The largest absolute Gasteiger partial charge is 0.394 e. The van der Waals surface area contributed by atoms with E-state index in [-0.39, 0.29) is 0 Å². The molecular weight excluding hydrogens is 256 g/mol. The number of aromatic nitrogens is 2. The van der Waals surface area contributed by atoms with E-state index in [9.17, 15) is 15.3 Å². The van der Waals surface area contributed by atoms with E-state index in [4.69, 9.17) is 9.84 Å². The van der Waals surface area contributed by atoms with Crippen LogP contribution in [0, 0.1) is 0 Å². The molecule has 0 saturated carbocycles. The van der Waals surface area contributed by atoms with Crippen LogP contribution in [0.2, 0.25) is 0 Å². The van der Waals surface area contributed by atoms with Crippen molar-refractivity contribution in [3.63, 3.8) is 0 Å². The van der Waals surface area contributed by atoms with Gasteiger partial charge in [0.1, 0.15) is 29.8 Å². The average Bonchev–Trinajstić information content (AvgIpc) is 2.94. The lowest BCUT2D eigenvalue weighted by atomic mass is 10.1. The van der Waals surface area contributed by atoms with E-state index in [1.165, 1.54) is 17.2 Å². The molecule has 0 radical (unpaired) electrons. The van der Waals surface area contributed by atoms with Crippen LogP contribution in [0.5, 0.6) is 0 Å². The highest BCUT2D eigenvalue weighted by Crippen LogP contribution is 2.34. The van der Waals surface area contributed by atoms with Gasteiger partial charge in [0.15, 0.2) is 12.5 Å². The Morgan fingerprint density at radius 2 is 2.11 bits per heavy atom. The predicted octanol–water partition coefficient (Wildman–Crippen LogP) is -2.06. The summed E-state index contributed by atoms with van der Waals surface area (Å²) in [7, 11) is 0. The molecule has 0 amide bonds. The van der Waals surface area contributed by atoms with E-state index in [1.54, 1.807) is 0 Å². The van der Waals surface area contributed by atoms with E-state index in [1.807, 2.05) is 0 Å². The molecule has 0 aromatic carbocycles. The maximum Gasteiger partial charge on any atom is 0.193 e. The minimum atomic E-state index is -1.20. The molecule has 0 spiro atoms. The van der Waals surface area contributed by atoms with E-state index < -0.39 is 37.4 Å². The molecule has 1 fully saturated rings. The van der Waals surface area contributed by atoms with E-state index in [2.05, 4.69) is 15.3 Å². The van der Waals surface area contributed by atoms with Gasteiger partial charge in [-0.05, 0) is 0 Å². The molecular formula is C10H14N4O5. The zero-order valence-corrected chi connectivity index (χ0v) is 9.79. The van der Waals surface area contributed by atoms with Crippen LogP contribution < -0.4 is 5.32 Å². The zero-order chi connectivity index (χ0) is 13.6. The Hall–Kier alpha value is -1.52. The smallest absolute Gasteiger partial charge is 0.193 e. The third-order valence-electron chi connectivity index (χ3n) is 3.27. The van der Waals surface area contributed by atoms with Gasteiger partial charge in [-0.1, -0.05) is 0 Å². The van der Waals surface area contributed by atoms with Crippen molar-refractivity contribution in [2.24, 2.45) is 4.99 Å². The molecule has 3 heterocycles. The van der Waals surface area contributed by atoms with Crippen molar-refractivity contribution in [3.8, 4) is 0 Å². The number of hydrogen-bond donors (Lipinski definition) is 5. The fourth-order valence-corrected chi connectivity index (χ4v) is 2.26. The summed E-state index contributed by atoms with van der Waals surface area (Å²) in [5.74, 6) is 0.428. The molecule has 5 N–H and O–H groups in total. The Labute approximate surface area is 107 Å². The summed E-state index contributed by atoms with van der Waals surface area (Å²) in [5.41, 5.74) is 0.306. The van der Waals surface area contributed by atoms with Crippen molar-refractivity contribution in [2.45, 2.75) is 30.8 Å². The number of aliphatic hydroxyl groups excluding tert-OH is 4. The molecule has 2 aliphatic heterocycles. The Balaban J connectivity index is 1.92. The minimum Gasteiger partial charge on any atom is -0.394 e. The van der Waals surface area contributed by atoms with E-state index in [0.717, 1.165) is 0 Å². The fraction of sp³-hybridized carbons (Fsp3) is 0.600. The van der Waals surface area contributed by atoms with Gasteiger partial charge in [-0.3, -0.25) is 4.57 Å². The van der Waals surface area contributed by atoms with Crippen molar-refractivity contribution in [2.75, 3.05) is 11.9 Å². The molecule has 0 unspecified atom stereocenters. The normalized spacial score (nSPS) is 37.2. The van der Waals surface area contributed by atoms with Gasteiger partial charge in [-0.25, -0.2) is 9.98 Å². The molecule has 5 atom stereocenters. The van der Waals surface area contributed by atoms with Crippen LogP contribution in [0.25, 0.3) is 0 Å². The number of aliphatic imine (C=N–C) groups is 1. The van der Waals surface area contributed by atoms with Gasteiger partial charge >= 0.3 is 0 Å². The van der Waals surface area contributed by atoms with Crippen LogP contribution in [0.1, 0.15) is 18.1 Å². The second-order valence-electron chi connectivity index (χ2n) is 4.41. The number of fused-ring (bicyclic) bond motifs is 1. The summed E-state index contributed by atoms with van der Waals surface area (Å²) in [6.07, 6.45) is -2.53. The summed E-state index contributed by atoms with van der Waals surface area (Å²) < 4.78 is 6.84. The Kier molecular flexibility index (Phi) is 2.99. The molecule has 9 nitrogen and oxygen atoms in total. The molecule has 2 aliphatic rings. The number of imidazole rings is 1. The molecule has 0 aliphatic carbocycles. The summed E-state index contributed by atoms with van der Waals surface area (Å²) in [5, 5.41) is 41.1. The minimum absolute atomic E-state index is 0.306. The molecule has 9 heteroatoms. The van der Waals surface area contributed by atoms with Gasteiger partial charge in [0.05, 0.1) is 19.3 Å². The summed E-state index contributed by atoms with van der Waals surface area (Å²) >= 11 is 0. The summed E-state index contributed by atoms with van der Waals surface area (Å²) in [6.45, 7) is -0.400. The molecule has 1 saturated heterocycles. The first-order chi connectivity index (χ1) is 9.13. The van der Waals surface area contributed by atoms with Crippen molar-refractivity contribution in [3.05, 3.63) is 12.0 Å². The molecule has 1 aromatic rings. The van der Waals surface area contributed by atoms with Gasteiger partial charge in [-0.15, -0.1) is 0 Å². The van der Waals surface area contributed by atoms with Crippen LogP contribution in [0.4, 0.5) is 5.82 Å². The standard InChI is InChI=1S/C10H14N4O5/c15-1-4-6(16)7(17)10(19-4)14-3-13-5-8(14)11-2-12-9(5)18/h2-4,6-7,9-10,15-18H,1H2,(H,11,12)/t4-,6-,7-,9-,10-/m1/s1. The van der Waals surface area contributed by atoms with Crippen LogP contribution in [-0.4, -0.2) is 61.2 Å². The van der Waals surface area contributed by atoms with Crippen molar-refractivity contribution >= 4 is 12.2 Å². The number of nitrogens with zero attached hydrogens (tertiary/aromatic N) is 3. The Bertz CT molecular complexity index is 504. The number of hydrogen-bond acceptors (Lipinski definition) is 8. The quantitative estimate of drug-likeness (QED) is 0.417. The number of anilines is 1. The highest BCUT2D eigenvalue weighted by molar-refractivity contribution is 5.77. The number of aliphatic hydroxyl groups is 4. The SMILES string of the molecule is OC[C@H]1O[C@@H](n2cnc3c2NC=N[C@@H]3O)[C@H](O)[C@@H]1O. The van der Waals surface area contributed by atoms with Crippen molar-refractivity contribution in [1.82, 2.24) is 9.55 Å². The maximum atomic E-state index is 9.94. The topological polar surface area (TPSA) is 132 Å². The maximum absolute atomic E-state index is 9.94. The highest BCUT2D eigenvalue weighted by Gasteiger charge is 2.44. The lowest BCUT2D eigenvalue weighted by Crippen LogP contribution is -2.33. The first-order valence-electron chi connectivity index (χ1n) is 5.79. The van der Waals surface area contributed by atoms with Gasteiger partial charge in [-0.2, -0.15) is 0 Å². The van der Waals surface area contributed by atoms with Gasteiger partial charge in [0.2, 0.25) is 0 Å². The van der Waals surface area contributed by atoms with Crippen LogP contribution in [0.3, 0.4) is 0 Å². The van der Waals surface area contributed by atoms with Crippen molar-refractivity contribution < 1.29 is 25.2 Å². The number of nitrogens with one attached hydrogen (secondary N) is 1. The summed E-state index contributed by atoms with van der Waals surface area (Å²) in [6, 6.07) is 0. The fourth-order valence-electron chi connectivity index (χ4n) is 2.26. The Morgan fingerprint density at radius 1 is 1.32 bits per heavy atom.